The highest BCUT2D eigenvalue weighted by Crippen LogP contribution is 2.32. The molecule has 4 rings (SSSR count). The summed E-state index contributed by atoms with van der Waals surface area (Å²) in [6.07, 6.45) is 6.56. The van der Waals surface area contributed by atoms with E-state index in [1.54, 1.807) is 65.6 Å². The van der Waals surface area contributed by atoms with Crippen molar-refractivity contribution in [2.45, 2.75) is 69.8 Å². The largest absolute Gasteiger partial charge is 0.519 e. The van der Waals surface area contributed by atoms with Crippen molar-refractivity contribution >= 4 is 29.6 Å². The number of hydrazine groups is 1. The van der Waals surface area contributed by atoms with Crippen molar-refractivity contribution in [2.75, 3.05) is 19.0 Å². The number of likely N-dealkylation sites (tertiary alicyclic amines) is 1. The number of hydrazone groups is 1. The molecule has 1 amide bonds. The summed E-state index contributed by atoms with van der Waals surface area (Å²) < 4.78 is 44.4. The van der Waals surface area contributed by atoms with Crippen molar-refractivity contribution in [2.24, 2.45) is 16.7 Å². The second-order valence-corrected chi connectivity index (χ2v) is 12.1. The number of esters is 1. The molecule has 0 bridgehead atoms. The molecular weight excluding hydrogens is 662 g/mol. The minimum absolute atomic E-state index is 0.0242. The predicted molar refractivity (Wildman–Crippen MR) is 188 cm³/mol. The first-order valence-electron chi connectivity index (χ1n) is 16.7. The van der Waals surface area contributed by atoms with Crippen molar-refractivity contribution in [3.05, 3.63) is 102 Å². The van der Waals surface area contributed by atoms with Crippen LogP contribution in [-0.4, -0.2) is 53.2 Å². The van der Waals surface area contributed by atoms with E-state index in [2.05, 4.69) is 5.10 Å². The van der Waals surface area contributed by atoms with Crippen LogP contribution in [0.3, 0.4) is 0 Å². The first-order valence-corrected chi connectivity index (χ1v) is 16.7. The van der Waals surface area contributed by atoms with Gasteiger partial charge in [0.15, 0.2) is 6.73 Å². The molecule has 0 spiro atoms. The number of halogens is 2. The molecule has 3 aromatic rings. The van der Waals surface area contributed by atoms with E-state index >= 15 is 0 Å². The first kappa shape index (κ1) is 38.3. The van der Waals surface area contributed by atoms with Crippen LogP contribution in [0.1, 0.15) is 62.5 Å². The Balaban J connectivity index is 1.07. The molecule has 1 unspecified atom stereocenters. The molecule has 51 heavy (non-hydrogen) atoms. The second-order valence-electron chi connectivity index (χ2n) is 12.1. The van der Waals surface area contributed by atoms with E-state index in [4.69, 9.17) is 31.5 Å². The molecule has 12 nitrogen and oxygen atoms in total. The summed E-state index contributed by atoms with van der Waals surface area (Å²) in [5, 5.41) is 4.99. The summed E-state index contributed by atoms with van der Waals surface area (Å²) in [6, 6.07) is 20.1. The predicted octanol–water partition coefficient (Wildman–Crippen LogP) is 6.02. The fraction of sp³-hybridized carbons (Fsp3) is 0.351. The number of nitrogens with two attached hydrogens (primary N) is 3. The van der Waals surface area contributed by atoms with E-state index in [0.717, 1.165) is 30.8 Å². The maximum absolute atomic E-state index is 14.5. The summed E-state index contributed by atoms with van der Waals surface area (Å²) in [5.74, 6) is 3.15. The van der Waals surface area contributed by atoms with Crippen LogP contribution in [0.2, 0.25) is 0 Å². The molecule has 0 saturated carbocycles. The number of carbonyl (C=O) groups is 3. The molecule has 1 saturated heterocycles. The number of hydrogen-bond donors (Lipinski definition) is 3. The zero-order valence-corrected chi connectivity index (χ0v) is 28.3. The number of ether oxygens (including phenoxy) is 3. The molecule has 1 atom stereocenters. The van der Waals surface area contributed by atoms with Crippen LogP contribution in [0.25, 0.3) is 0 Å². The standard InChI is InChI=1S/C37H44F2N6O6/c38-37(39,28-9-4-3-5-10-28)23-8-11-30-17-22-34(46)44(30)24-7-2-1-6-12-33(41)43-45(42)26-49-35(47)25-27-13-18-31(19-14-27)50-36(48)51-32-20-15-29(40)16-21-32/h3-5,8-11,13-16,18-21,30H,1-2,6-7,12,17,22-26,40,42H2,(H2,41,43)/b11-8+. The van der Waals surface area contributed by atoms with Gasteiger partial charge in [-0.1, -0.05) is 67.5 Å². The lowest BCUT2D eigenvalue weighted by atomic mass is 10.0. The molecule has 14 heteroatoms. The van der Waals surface area contributed by atoms with Crippen LogP contribution in [-0.2, 0) is 26.7 Å². The Hall–Kier alpha value is -5.50. The fourth-order valence-corrected chi connectivity index (χ4v) is 5.39. The molecular formula is C37H44F2N6O6. The van der Waals surface area contributed by atoms with Gasteiger partial charge >= 0.3 is 12.1 Å². The van der Waals surface area contributed by atoms with Crippen LogP contribution in [0.15, 0.2) is 96.1 Å². The van der Waals surface area contributed by atoms with E-state index in [1.807, 2.05) is 0 Å². The summed E-state index contributed by atoms with van der Waals surface area (Å²) in [7, 11) is 0. The average molecular weight is 707 g/mol. The van der Waals surface area contributed by atoms with E-state index < -0.39 is 24.5 Å². The third-order valence-corrected chi connectivity index (χ3v) is 8.05. The number of benzene rings is 3. The second kappa shape index (κ2) is 19.0. The number of rotatable bonds is 18. The van der Waals surface area contributed by atoms with Gasteiger partial charge in [0.2, 0.25) is 5.91 Å². The van der Waals surface area contributed by atoms with Gasteiger partial charge in [-0.25, -0.2) is 19.4 Å². The third-order valence-electron chi connectivity index (χ3n) is 8.05. The van der Waals surface area contributed by atoms with Crippen molar-refractivity contribution in [3.63, 3.8) is 0 Å². The van der Waals surface area contributed by atoms with Gasteiger partial charge in [0.05, 0.1) is 12.5 Å². The molecule has 6 N–H and O–H groups in total. The Morgan fingerprint density at radius 1 is 0.941 bits per heavy atom. The number of carbonyl (C=O) groups excluding carboxylic acids is 3. The highest BCUT2D eigenvalue weighted by atomic mass is 19.3. The van der Waals surface area contributed by atoms with Crippen LogP contribution < -0.4 is 26.8 Å². The number of amidine groups is 1. The third kappa shape index (κ3) is 13.0. The lowest BCUT2D eigenvalue weighted by molar-refractivity contribution is -0.147. The number of allylic oxidation sites excluding steroid dienone is 1. The van der Waals surface area contributed by atoms with E-state index in [1.165, 1.54) is 30.3 Å². The quantitative estimate of drug-likeness (QED) is 0.0136. The first-order chi connectivity index (χ1) is 24.5. The van der Waals surface area contributed by atoms with Crippen molar-refractivity contribution in [1.82, 2.24) is 10.0 Å². The molecule has 1 fully saturated rings. The summed E-state index contributed by atoms with van der Waals surface area (Å²) in [4.78, 5) is 38.4. The summed E-state index contributed by atoms with van der Waals surface area (Å²) >= 11 is 0. The Morgan fingerprint density at radius 3 is 2.27 bits per heavy atom. The lowest BCUT2D eigenvalue weighted by Gasteiger charge is -2.23. The molecule has 272 valence electrons. The van der Waals surface area contributed by atoms with Gasteiger partial charge in [-0.2, -0.15) is 5.12 Å². The molecule has 1 aliphatic heterocycles. The number of nitrogen functional groups attached to an aromatic ring is 1. The fourth-order valence-electron chi connectivity index (χ4n) is 5.39. The molecule has 3 aromatic carbocycles. The molecule has 1 heterocycles. The van der Waals surface area contributed by atoms with Crippen LogP contribution >= 0.6 is 0 Å². The number of amides is 1. The average Bonchev–Trinajstić information content (AvgIpc) is 3.45. The number of nitrogens with zero attached hydrogens (tertiary/aromatic N) is 3. The van der Waals surface area contributed by atoms with Crippen LogP contribution in [0.5, 0.6) is 11.5 Å². The van der Waals surface area contributed by atoms with Crippen molar-refractivity contribution in [1.29, 1.82) is 0 Å². The monoisotopic (exact) mass is 706 g/mol. The minimum atomic E-state index is -2.96. The van der Waals surface area contributed by atoms with Crippen LogP contribution in [0.4, 0.5) is 19.3 Å². The van der Waals surface area contributed by atoms with Gasteiger partial charge in [-0.15, -0.1) is 5.10 Å². The van der Waals surface area contributed by atoms with Gasteiger partial charge < -0.3 is 30.6 Å². The zero-order chi connectivity index (χ0) is 36.6. The normalized spacial score (nSPS) is 14.9. The Morgan fingerprint density at radius 2 is 1.59 bits per heavy atom. The smallest absolute Gasteiger partial charge is 0.441 e. The van der Waals surface area contributed by atoms with Crippen molar-refractivity contribution < 1.29 is 37.4 Å². The van der Waals surface area contributed by atoms with Gasteiger partial charge in [0, 0.05) is 37.1 Å². The minimum Gasteiger partial charge on any atom is -0.441 e. The number of alkyl halides is 2. The van der Waals surface area contributed by atoms with E-state index in [0.29, 0.717) is 37.1 Å². The maximum atomic E-state index is 14.5. The van der Waals surface area contributed by atoms with Gasteiger partial charge in [-0.3, -0.25) is 9.59 Å². The Bertz CT molecular complexity index is 1640. The summed E-state index contributed by atoms with van der Waals surface area (Å²) in [6.45, 7) is 0.257. The zero-order valence-electron chi connectivity index (χ0n) is 28.3. The van der Waals surface area contributed by atoms with E-state index in [9.17, 15) is 23.2 Å². The topological polar surface area (TPSA) is 176 Å². The van der Waals surface area contributed by atoms with Gasteiger partial charge in [0.1, 0.15) is 17.3 Å². The van der Waals surface area contributed by atoms with Gasteiger partial charge in [-0.05, 0) is 61.2 Å². The highest BCUT2D eigenvalue weighted by Gasteiger charge is 2.31. The molecule has 0 aliphatic carbocycles. The maximum Gasteiger partial charge on any atom is 0.519 e. The Labute approximate surface area is 295 Å². The highest BCUT2D eigenvalue weighted by molar-refractivity contribution is 5.80. The summed E-state index contributed by atoms with van der Waals surface area (Å²) in [5.41, 5.74) is 12.7. The number of hydrogen-bond acceptors (Lipinski definition) is 10. The molecule has 0 radical (unpaired) electrons. The van der Waals surface area contributed by atoms with E-state index in [-0.39, 0.29) is 48.0 Å². The Kier molecular flexibility index (Phi) is 14.3. The van der Waals surface area contributed by atoms with Crippen molar-refractivity contribution in [3.8, 4) is 11.5 Å². The lowest BCUT2D eigenvalue weighted by Crippen LogP contribution is -2.33. The molecule has 0 aromatic heterocycles. The molecule has 1 aliphatic rings. The number of unbranched alkanes of at least 4 members (excludes halogenated alkanes) is 3. The van der Waals surface area contributed by atoms with Crippen LogP contribution in [0, 0.1) is 0 Å². The number of anilines is 1. The SMILES string of the molecule is N/C(CCCCCCN1C(=O)CCC1/C=C/CC(F)(F)c1ccccc1)=N\N(N)COC(=O)Cc1ccc(OC(=O)Oc2ccc(N)cc2)cc1. The van der Waals surface area contributed by atoms with Gasteiger partial charge in [0.25, 0.3) is 5.92 Å².